The second kappa shape index (κ2) is 13.8. The van der Waals surface area contributed by atoms with Crippen LogP contribution in [0.2, 0.25) is 0 Å². The normalized spacial score (nSPS) is 11.0. The van der Waals surface area contributed by atoms with Crippen LogP contribution in [0, 0.1) is 11.3 Å². The third-order valence-electron chi connectivity index (χ3n) is 4.82. The summed E-state index contributed by atoms with van der Waals surface area (Å²) in [6.45, 7) is 5.21. The van der Waals surface area contributed by atoms with Gasteiger partial charge >= 0.3 is 0 Å². The number of phenolic OH excluding ortho intramolecular Hbond substituents is 1. The molecule has 2 rings (SSSR count). The summed E-state index contributed by atoms with van der Waals surface area (Å²) >= 11 is 0. The predicted molar refractivity (Wildman–Crippen MR) is 127 cm³/mol. The molecule has 0 unspecified atom stereocenters. The average Bonchev–Trinajstić information content (AvgIpc) is 2.79. The maximum atomic E-state index is 12.5. The topological polar surface area (TPSA) is 91.6 Å². The van der Waals surface area contributed by atoms with Gasteiger partial charge in [-0.2, -0.15) is 5.26 Å². The van der Waals surface area contributed by atoms with Gasteiger partial charge in [-0.25, -0.2) is 0 Å². The van der Waals surface area contributed by atoms with Crippen LogP contribution >= 0.6 is 0 Å². The Balaban J connectivity index is 2.03. The molecule has 0 saturated heterocycles. The number of aromatic hydroxyl groups is 1. The summed E-state index contributed by atoms with van der Waals surface area (Å²) in [5.74, 6) is 0.814. The number of anilines is 1. The highest BCUT2D eigenvalue weighted by Gasteiger charge is 2.12. The molecule has 0 aliphatic heterocycles. The molecule has 0 atom stereocenters. The van der Waals surface area contributed by atoms with Crippen molar-refractivity contribution >= 4 is 17.7 Å². The molecule has 0 aromatic heterocycles. The first-order valence-corrected chi connectivity index (χ1v) is 11.2. The number of amides is 1. The van der Waals surface area contributed by atoms with E-state index in [1.54, 1.807) is 30.3 Å². The van der Waals surface area contributed by atoms with Crippen LogP contribution in [0.3, 0.4) is 0 Å². The number of rotatable bonds is 13. The van der Waals surface area contributed by atoms with Gasteiger partial charge in [0.1, 0.15) is 17.4 Å². The molecule has 0 aliphatic rings. The van der Waals surface area contributed by atoms with Crippen LogP contribution in [0.4, 0.5) is 5.69 Å². The van der Waals surface area contributed by atoms with Crippen molar-refractivity contribution in [2.75, 3.05) is 18.5 Å². The fourth-order valence-electron chi connectivity index (χ4n) is 3.12. The van der Waals surface area contributed by atoms with Gasteiger partial charge in [-0.1, -0.05) is 45.1 Å². The lowest BCUT2D eigenvalue weighted by Crippen LogP contribution is -2.13. The Bertz CT molecular complexity index is 930. The maximum absolute atomic E-state index is 12.5. The van der Waals surface area contributed by atoms with Crippen molar-refractivity contribution in [1.29, 1.82) is 5.26 Å². The minimum Gasteiger partial charge on any atom is -0.508 e. The fourth-order valence-corrected chi connectivity index (χ4v) is 3.12. The van der Waals surface area contributed by atoms with E-state index in [-0.39, 0.29) is 11.3 Å². The molecule has 0 heterocycles. The highest BCUT2D eigenvalue weighted by Crippen LogP contribution is 2.30. The molecule has 6 heteroatoms. The van der Waals surface area contributed by atoms with Crippen LogP contribution in [-0.2, 0) is 4.79 Å². The zero-order valence-electron chi connectivity index (χ0n) is 18.9. The summed E-state index contributed by atoms with van der Waals surface area (Å²) in [7, 11) is 0. The van der Waals surface area contributed by atoms with Gasteiger partial charge in [-0.3, -0.25) is 4.79 Å². The lowest BCUT2D eigenvalue weighted by atomic mass is 10.1. The molecular weight excluding hydrogens is 404 g/mol. The standard InChI is InChI=1S/C26H32N2O4/c1-3-5-6-7-8-9-16-32-24-15-10-20(18-25(24)31-4-2)17-21(19-27)26(30)28-22-11-13-23(29)14-12-22/h10-15,17-18,29H,3-9,16H2,1-2H3,(H,28,30). The highest BCUT2D eigenvalue weighted by molar-refractivity contribution is 6.09. The van der Waals surface area contributed by atoms with Gasteiger partial charge in [0.25, 0.3) is 5.91 Å². The quantitative estimate of drug-likeness (QED) is 0.172. The van der Waals surface area contributed by atoms with Gasteiger partial charge in [0.15, 0.2) is 11.5 Å². The molecule has 2 aromatic carbocycles. The number of nitrogens with zero attached hydrogens (tertiary/aromatic N) is 1. The fraction of sp³-hybridized carbons (Fsp3) is 0.385. The number of hydrogen-bond acceptors (Lipinski definition) is 5. The van der Waals surface area contributed by atoms with Crippen molar-refractivity contribution in [1.82, 2.24) is 0 Å². The number of ether oxygens (including phenoxy) is 2. The van der Waals surface area contributed by atoms with Crippen LogP contribution in [0.1, 0.15) is 57.9 Å². The van der Waals surface area contributed by atoms with Crippen molar-refractivity contribution in [3.05, 3.63) is 53.6 Å². The van der Waals surface area contributed by atoms with Crippen LogP contribution in [0.5, 0.6) is 17.2 Å². The Labute approximate surface area is 190 Å². The largest absolute Gasteiger partial charge is 0.508 e. The smallest absolute Gasteiger partial charge is 0.266 e. The van der Waals surface area contributed by atoms with Gasteiger partial charge in [0, 0.05) is 5.69 Å². The minimum atomic E-state index is -0.528. The van der Waals surface area contributed by atoms with E-state index in [0.717, 1.165) is 12.8 Å². The second-order valence-corrected chi connectivity index (χ2v) is 7.43. The van der Waals surface area contributed by atoms with Gasteiger partial charge in [0.05, 0.1) is 13.2 Å². The lowest BCUT2D eigenvalue weighted by molar-refractivity contribution is -0.112. The summed E-state index contributed by atoms with van der Waals surface area (Å²) in [5, 5.41) is 21.4. The van der Waals surface area contributed by atoms with Crippen LogP contribution in [-0.4, -0.2) is 24.2 Å². The number of carbonyl (C=O) groups excluding carboxylic acids is 1. The molecule has 2 aromatic rings. The van der Waals surface area contributed by atoms with Gasteiger partial charge in [-0.15, -0.1) is 0 Å². The number of nitriles is 1. The molecule has 2 N–H and O–H groups in total. The molecule has 0 saturated carbocycles. The number of benzene rings is 2. The molecule has 170 valence electrons. The van der Waals surface area contributed by atoms with E-state index in [2.05, 4.69) is 12.2 Å². The van der Waals surface area contributed by atoms with Crippen molar-refractivity contribution in [3.63, 3.8) is 0 Å². The third-order valence-corrected chi connectivity index (χ3v) is 4.82. The molecule has 0 bridgehead atoms. The van der Waals surface area contributed by atoms with Crippen LogP contribution in [0.15, 0.2) is 48.0 Å². The minimum absolute atomic E-state index is 0.0405. The van der Waals surface area contributed by atoms with Crippen LogP contribution in [0.25, 0.3) is 6.08 Å². The van der Waals surface area contributed by atoms with E-state index in [4.69, 9.17) is 9.47 Å². The first-order chi connectivity index (χ1) is 15.6. The first kappa shape index (κ1) is 24.8. The number of carbonyl (C=O) groups is 1. The summed E-state index contributed by atoms with van der Waals surface area (Å²) < 4.78 is 11.6. The molecule has 6 nitrogen and oxygen atoms in total. The van der Waals surface area contributed by atoms with Crippen molar-refractivity contribution in [2.24, 2.45) is 0 Å². The molecule has 0 aliphatic carbocycles. The number of phenols is 1. The summed E-state index contributed by atoms with van der Waals surface area (Å²) in [6, 6.07) is 13.4. The van der Waals surface area contributed by atoms with E-state index in [9.17, 15) is 15.2 Å². The average molecular weight is 437 g/mol. The lowest BCUT2D eigenvalue weighted by Gasteiger charge is -2.13. The SMILES string of the molecule is CCCCCCCCOc1ccc(C=C(C#N)C(=O)Nc2ccc(O)cc2)cc1OCC. The first-order valence-electron chi connectivity index (χ1n) is 11.2. The predicted octanol–water partition coefficient (Wildman–Crippen LogP) is 6.08. The Morgan fingerprint density at radius 1 is 1.00 bits per heavy atom. The van der Waals surface area contributed by atoms with Gasteiger partial charge in [0.2, 0.25) is 0 Å². The van der Waals surface area contributed by atoms with Gasteiger partial charge in [-0.05, 0) is 61.4 Å². The van der Waals surface area contributed by atoms with E-state index in [0.29, 0.717) is 36.0 Å². The monoisotopic (exact) mass is 436 g/mol. The Morgan fingerprint density at radius 3 is 2.41 bits per heavy atom. The summed E-state index contributed by atoms with van der Waals surface area (Å²) in [4.78, 5) is 12.5. The van der Waals surface area contributed by atoms with E-state index >= 15 is 0 Å². The zero-order valence-corrected chi connectivity index (χ0v) is 18.9. The molecule has 0 fully saturated rings. The molecule has 0 radical (unpaired) electrons. The van der Waals surface area contributed by atoms with Gasteiger partial charge < -0.3 is 19.9 Å². The number of unbranched alkanes of at least 4 members (excludes halogenated alkanes) is 5. The molecule has 32 heavy (non-hydrogen) atoms. The molecule has 0 spiro atoms. The second-order valence-electron chi connectivity index (χ2n) is 7.43. The highest BCUT2D eigenvalue weighted by atomic mass is 16.5. The van der Waals surface area contributed by atoms with Crippen molar-refractivity contribution in [3.8, 4) is 23.3 Å². The number of hydrogen-bond donors (Lipinski definition) is 2. The molecular formula is C26H32N2O4. The zero-order chi connectivity index (χ0) is 23.2. The Morgan fingerprint density at radius 2 is 1.72 bits per heavy atom. The Kier molecular flexibility index (Phi) is 10.7. The van der Waals surface area contributed by atoms with E-state index in [1.807, 2.05) is 13.0 Å². The number of nitrogens with one attached hydrogen (secondary N) is 1. The Hall–Kier alpha value is -3.46. The van der Waals surface area contributed by atoms with Crippen molar-refractivity contribution in [2.45, 2.75) is 52.4 Å². The maximum Gasteiger partial charge on any atom is 0.266 e. The van der Waals surface area contributed by atoms with Crippen molar-refractivity contribution < 1.29 is 19.4 Å². The molecule has 1 amide bonds. The van der Waals surface area contributed by atoms with E-state index in [1.165, 1.54) is 43.9 Å². The summed E-state index contributed by atoms with van der Waals surface area (Å²) in [6.07, 6.45) is 8.66. The van der Waals surface area contributed by atoms with Crippen LogP contribution < -0.4 is 14.8 Å². The third kappa shape index (κ3) is 8.35. The van der Waals surface area contributed by atoms with E-state index < -0.39 is 5.91 Å². The summed E-state index contributed by atoms with van der Waals surface area (Å²) in [5.41, 5.74) is 1.11.